The molecule has 0 radical (unpaired) electrons. The molecule has 2 heterocycles. The highest BCUT2D eigenvalue weighted by Crippen LogP contribution is 2.39. The quantitative estimate of drug-likeness (QED) is 0.753. The van der Waals surface area contributed by atoms with Gasteiger partial charge in [0.2, 0.25) is 5.91 Å². The number of anilines is 1. The molecule has 4 rings (SSSR count). The summed E-state index contributed by atoms with van der Waals surface area (Å²) in [6.07, 6.45) is 0.589. The molecule has 0 aromatic heterocycles. The fourth-order valence-corrected chi connectivity index (χ4v) is 5.99. The van der Waals surface area contributed by atoms with Gasteiger partial charge in [0.15, 0.2) is 9.84 Å². The molecule has 29 heavy (non-hydrogen) atoms. The van der Waals surface area contributed by atoms with Crippen molar-refractivity contribution in [2.75, 3.05) is 36.1 Å². The van der Waals surface area contributed by atoms with E-state index < -0.39 is 9.84 Å². The first-order valence-corrected chi connectivity index (χ1v) is 11.8. The minimum absolute atomic E-state index is 0.0410. The average Bonchev–Trinajstić information content (AvgIpc) is 3.11. The molecule has 0 saturated carbocycles. The van der Waals surface area contributed by atoms with Gasteiger partial charge in [0.25, 0.3) is 0 Å². The number of nitrogens with zero attached hydrogens (tertiary/aromatic N) is 2. The minimum atomic E-state index is -3.00. The number of amides is 1. The molecule has 154 valence electrons. The first-order valence-electron chi connectivity index (χ1n) is 10.0. The zero-order chi connectivity index (χ0) is 20.4. The first-order chi connectivity index (χ1) is 14.0. The molecule has 0 N–H and O–H groups in total. The van der Waals surface area contributed by atoms with E-state index in [9.17, 15) is 13.2 Å². The smallest absolute Gasteiger partial charge is 0.241 e. The molecule has 0 bridgehead atoms. The molecular formula is C22H26N2O4S. The first kappa shape index (κ1) is 19.9. The van der Waals surface area contributed by atoms with Crippen LogP contribution in [-0.4, -0.2) is 56.5 Å². The summed E-state index contributed by atoms with van der Waals surface area (Å²) in [6.45, 7) is 3.18. The average molecular weight is 415 g/mol. The van der Waals surface area contributed by atoms with Crippen LogP contribution in [0.1, 0.15) is 24.9 Å². The number of hydrogen-bond acceptors (Lipinski definition) is 5. The number of carbonyl (C=O) groups excluding carboxylic acids is 1. The van der Waals surface area contributed by atoms with Crippen LogP contribution < -0.4 is 9.64 Å². The molecule has 1 saturated heterocycles. The molecule has 2 atom stereocenters. The van der Waals surface area contributed by atoms with E-state index in [2.05, 4.69) is 0 Å². The van der Waals surface area contributed by atoms with Crippen LogP contribution in [0, 0.1) is 0 Å². The van der Waals surface area contributed by atoms with Crippen molar-refractivity contribution in [2.45, 2.75) is 25.4 Å². The second kappa shape index (κ2) is 8.16. The molecule has 1 fully saturated rings. The lowest BCUT2D eigenvalue weighted by Gasteiger charge is -2.39. The molecule has 7 heteroatoms. The third-order valence-electron chi connectivity index (χ3n) is 5.76. The lowest BCUT2D eigenvalue weighted by molar-refractivity contribution is -0.121. The van der Waals surface area contributed by atoms with Crippen LogP contribution >= 0.6 is 0 Å². The Labute approximate surface area is 172 Å². The zero-order valence-corrected chi connectivity index (χ0v) is 17.3. The number of benzene rings is 2. The Balaban J connectivity index is 1.62. The number of ether oxygens (including phenoxy) is 1. The number of sulfone groups is 1. The van der Waals surface area contributed by atoms with E-state index in [1.54, 1.807) is 0 Å². The predicted molar refractivity (Wildman–Crippen MR) is 113 cm³/mol. The normalized spacial score (nSPS) is 22.9. The minimum Gasteiger partial charge on any atom is -0.489 e. The van der Waals surface area contributed by atoms with Gasteiger partial charge in [0, 0.05) is 6.04 Å². The van der Waals surface area contributed by atoms with Crippen molar-refractivity contribution in [1.29, 1.82) is 0 Å². The SMILES string of the molecule is CCN(CC(=O)N1c2ccccc2OCC1c1ccccc1)C1CCS(=O)(=O)C1. The second-order valence-electron chi connectivity index (χ2n) is 7.59. The van der Waals surface area contributed by atoms with E-state index in [4.69, 9.17) is 4.74 Å². The van der Waals surface area contributed by atoms with Crippen molar-refractivity contribution in [3.8, 4) is 5.75 Å². The summed E-state index contributed by atoms with van der Waals surface area (Å²) >= 11 is 0. The van der Waals surface area contributed by atoms with Gasteiger partial charge in [0.05, 0.1) is 29.8 Å². The van der Waals surface area contributed by atoms with Crippen LogP contribution in [0.4, 0.5) is 5.69 Å². The van der Waals surface area contributed by atoms with Gasteiger partial charge in [-0.15, -0.1) is 0 Å². The van der Waals surface area contributed by atoms with E-state index in [0.717, 1.165) is 11.3 Å². The van der Waals surface area contributed by atoms with Crippen molar-refractivity contribution in [3.05, 3.63) is 60.2 Å². The van der Waals surface area contributed by atoms with Gasteiger partial charge in [-0.1, -0.05) is 49.4 Å². The zero-order valence-electron chi connectivity index (χ0n) is 16.5. The monoisotopic (exact) mass is 414 g/mol. The number of rotatable bonds is 5. The molecule has 6 nitrogen and oxygen atoms in total. The summed E-state index contributed by atoms with van der Waals surface area (Å²) in [7, 11) is -3.00. The summed E-state index contributed by atoms with van der Waals surface area (Å²) in [5.41, 5.74) is 1.77. The molecule has 2 aliphatic rings. The van der Waals surface area contributed by atoms with E-state index in [-0.39, 0.29) is 36.0 Å². The fourth-order valence-electron chi connectivity index (χ4n) is 4.23. The van der Waals surface area contributed by atoms with Crippen LogP contribution in [0.3, 0.4) is 0 Å². The Morgan fingerprint density at radius 2 is 1.86 bits per heavy atom. The van der Waals surface area contributed by atoms with Crippen molar-refractivity contribution in [3.63, 3.8) is 0 Å². The molecule has 2 aromatic rings. The van der Waals surface area contributed by atoms with Gasteiger partial charge in [-0.25, -0.2) is 8.42 Å². The highest BCUT2D eigenvalue weighted by molar-refractivity contribution is 7.91. The summed E-state index contributed by atoms with van der Waals surface area (Å²) in [5.74, 6) is 0.992. The second-order valence-corrected chi connectivity index (χ2v) is 9.82. The van der Waals surface area contributed by atoms with E-state index in [0.29, 0.717) is 25.3 Å². The maximum Gasteiger partial charge on any atom is 0.241 e. The van der Waals surface area contributed by atoms with Gasteiger partial charge in [-0.3, -0.25) is 14.6 Å². The third-order valence-corrected chi connectivity index (χ3v) is 7.51. The Bertz CT molecular complexity index is 977. The van der Waals surface area contributed by atoms with Crippen LogP contribution in [0.2, 0.25) is 0 Å². The van der Waals surface area contributed by atoms with Gasteiger partial charge >= 0.3 is 0 Å². The van der Waals surface area contributed by atoms with Crippen LogP contribution in [0.5, 0.6) is 5.75 Å². The summed E-state index contributed by atoms with van der Waals surface area (Å²) < 4.78 is 29.8. The lowest BCUT2D eigenvalue weighted by atomic mass is 10.0. The Morgan fingerprint density at radius 1 is 1.14 bits per heavy atom. The number of para-hydroxylation sites is 2. The highest BCUT2D eigenvalue weighted by Gasteiger charge is 2.37. The molecule has 0 spiro atoms. The summed E-state index contributed by atoms with van der Waals surface area (Å²) in [5, 5.41) is 0. The highest BCUT2D eigenvalue weighted by atomic mass is 32.2. The standard InChI is InChI=1S/C22H26N2O4S/c1-2-23(18-12-13-29(26,27)16-18)14-22(25)24-19-10-6-7-11-21(19)28-15-20(24)17-8-4-3-5-9-17/h3-11,18,20H,2,12-16H2,1H3. The topological polar surface area (TPSA) is 66.9 Å². The molecule has 1 amide bonds. The third kappa shape index (κ3) is 4.16. The Morgan fingerprint density at radius 3 is 2.55 bits per heavy atom. The largest absolute Gasteiger partial charge is 0.489 e. The molecule has 2 unspecified atom stereocenters. The molecular weight excluding hydrogens is 388 g/mol. The van der Waals surface area contributed by atoms with E-state index in [1.165, 1.54) is 0 Å². The lowest BCUT2D eigenvalue weighted by Crippen LogP contribution is -2.48. The maximum atomic E-state index is 13.5. The van der Waals surface area contributed by atoms with Crippen LogP contribution in [-0.2, 0) is 14.6 Å². The van der Waals surface area contributed by atoms with Crippen LogP contribution in [0.25, 0.3) is 0 Å². The van der Waals surface area contributed by atoms with Crippen molar-refractivity contribution < 1.29 is 17.9 Å². The van der Waals surface area contributed by atoms with Gasteiger partial charge in [0.1, 0.15) is 12.4 Å². The Hall–Kier alpha value is -2.38. The van der Waals surface area contributed by atoms with Gasteiger partial charge < -0.3 is 4.74 Å². The van der Waals surface area contributed by atoms with Gasteiger partial charge in [-0.2, -0.15) is 0 Å². The Kier molecular flexibility index (Phi) is 5.61. The van der Waals surface area contributed by atoms with Crippen molar-refractivity contribution >= 4 is 21.4 Å². The fraction of sp³-hybridized carbons (Fsp3) is 0.409. The van der Waals surface area contributed by atoms with Gasteiger partial charge in [-0.05, 0) is 30.7 Å². The van der Waals surface area contributed by atoms with Crippen molar-refractivity contribution in [1.82, 2.24) is 4.90 Å². The van der Waals surface area contributed by atoms with E-state index in [1.807, 2.05) is 71.3 Å². The molecule has 0 aliphatic carbocycles. The number of carbonyl (C=O) groups is 1. The van der Waals surface area contributed by atoms with Crippen LogP contribution in [0.15, 0.2) is 54.6 Å². The number of hydrogen-bond donors (Lipinski definition) is 0. The number of likely N-dealkylation sites (N-methyl/N-ethyl adjacent to an activating group) is 1. The summed E-state index contributed by atoms with van der Waals surface area (Å²) in [4.78, 5) is 17.3. The molecule has 2 aliphatic heterocycles. The maximum absolute atomic E-state index is 13.5. The molecule has 2 aromatic carbocycles. The summed E-state index contributed by atoms with van der Waals surface area (Å²) in [6, 6.07) is 17.1. The van der Waals surface area contributed by atoms with Crippen molar-refractivity contribution in [2.24, 2.45) is 0 Å². The number of fused-ring (bicyclic) bond motifs is 1. The predicted octanol–water partition coefficient (Wildman–Crippen LogP) is 2.66. The van der Waals surface area contributed by atoms with E-state index >= 15 is 0 Å².